The minimum Gasteiger partial charge on any atom is -0.465 e. The SMILES string of the molecule is CCOC(=O)[C@H](C#N)[C@@H]1C(C)(C)[C@H](C(C)C)C1(C#N)C#N. The van der Waals surface area contributed by atoms with E-state index in [1.165, 1.54) is 0 Å². The van der Waals surface area contributed by atoms with Gasteiger partial charge in [-0.1, -0.05) is 27.7 Å². The molecule has 0 bridgehead atoms. The summed E-state index contributed by atoms with van der Waals surface area (Å²) in [6.07, 6.45) is 0. The Bertz CT molecular complexity index is 531. The number of carbonyl (C=O) groups is 1. The first-order chi connectivity index (χ1) is 9.74. The van der Waals surface area contributed by atoms with Gasteiger partial charge in [0, 0.05) is 5.92 Å². The Labute approximate surface area is 126 Å². The molecule has 112 valence electrons. The van der Waals surface area contributed by atoms with Gasteiger partial charge in [0.25, 0.3) is 0 Å². The molecule has 0 amide bonds. The first-order valence-electron chi connectivity index (χ1n) is 7.13. The monoisotopic (exact) mass is 287 g/mol. The number of nitrogens with zero attached hydrogens (tertiary/aromatic N) is 3. The summed E-state index contributed by atoms with van der Waals surface area (Å²) in [5, 5.41) is 28.5. The van der Waals surface area contributed by atoms with Gasteiger partial charge in [-0.05, 0) is 24.2 Å². The third-order valence-corrected chi connectivity index (χ3v) is 4.63. The third kappa shape index (κ3) is 2.26. The molecular weight excluding hydrogens is 266 g/mol. The van der Waals surface area contributed by atoms with E-state index in [0.29, 0.717) is 0 Å². The van der Waals surface area contributed by atoms with Crippen molar-refractivity contribution in [2.24, 2.45) is 34.5 Å². The molecule has 0 aromatic heterocycles. The predicted molar refractivity (Wildman–Crippen MR) is 75.0 cm³/mol. The molecule has 0 heterocycles. The summed E-state index contributed by atoms with van der Waals surface area (Å²) in [6, 6.07) is 6.14. The molecule has 1 fully saturated rings. The van der Waals surface area contributed by atoms with Crippen molar-refractivity contribution in [3.05, 3.63) is 0 Å². The van der Waals surface area contributed by atoms with Crippen molar-refractivity contribution in [1.82, 2.24) is 0 Å². The lowest BCUT2D eigenvalue weighted by molar-refractivity contribution is -0.179. The van der Waals surface area contributed by atoms with Crippen molar-refractivity contribution in [1.29, 1.82) is 15.8 Å². The van der Waals surface area contributed by atoms with Gasteiger partial charge in [0.2, 0.25) is 0 Å². The standard InChI is InChI=1S/C16H21N3O2/c1-6-21-14(20)11(7-17)13-15(4,5)12(10(2)3)16(13,8-18)9-19/h10-13H,6H2,1-5H3/t11-,12+,13-/m1/s1. The maximum absolute atomic E-state index is 12.0. The highest BCUT2D eigenvalue weighted by molar-refractivity contribution is 5.76. The highest BCUT2D eigenvalue weighted by atomic mass is 16.5. The van der Waals surface area contributed by atoms with Crippen LogP contribution < -0.4 is 0 Å². The van der Waals surface area contributed by atoms with Crippen molar-refractivity contribution in [3.63, 3.8) is 0 Å². The zero-order valence-electron chi connectivity index (χ0n) is 13.2. The average molecular weight is 287 g/mol. The van der Waals surface area contributed by atoms with Crippen LogP contribution in [0, 0.1) is 68.5 Å². The van der Waals surface area contributed by atoms with Crippen LogP contribution in [0.4, 0.5) is 0 Å². The first-order valence-corrected chi connectivity index (χ1v) is 7.13. The van der Waals surface area contributed by atoms with Gasteiger partial charge in [0.05, 0.1) is 24.8 Å². The van der Waals surface area contributed by atoms with Crippen molar-refractivity contribution < 1.29 is 9.53 Å². The van der Waals surface area contributed by atoms with Gasteiger partial charge in [-0.25, -0.2) is 0 Å². The third-order valence-electron chi connectivity index (χ3n) is 4.63. The number of hydrogen-bond acceptors (Lipinski definition) is 5. The first kappa shape index (κ1) is 17.0. The molecule has 1 rings (SSSR count). The normalized spacial score (nSPS) is 26.6. The molecule has 21 heavy (non-hydrogen) atoms. The molecule has 5 heteroatoms. The Morgan fingerprint density at radius 2 is 1.71 bits per heavy atom. The van der Waals surface area contributed by atoms with E-state index in [1.807, 2.05) is 33.8 Å². The van der Waals surface area contributed by atoms with Crippen LogP contribution in [0.3, 0.4) is 0 Å². The second-order valence-electron chi connectivity index (χ2n) is 6.47. The Hall–Kier alpha value is -2.06. The zero-order chi connectivity index (χ0) is 16.4. The number of rotatable bonds is 4. The Morgan fingerprint density at radius 3 is 2.05 bits per heavy atom. The number of esters is 1. The van der Waals surface area contributed by atoms with E-state index in [4.69, 9.17) is 4.74 Å². The summed E-state index contributed by atoms with van der Waals surface area (Å²) in [6.45, 7) is 9.58. The van der Waals surface area contributed by atoms with Crippen LogP contribution >= 0.6 is 0 Å². The van der Waals surface area contributed by atoms with Crippen LogP contribution in [-0.4, -0.2) is 12.6 Å². The molecule has 0 aliphatic heterocycles. The molecule has 0 spiro atoms. The van der Waals surface area contributed by atoms with Crippen molar-refractivity contribution in [2.45, 2.75) is 34.6 Å². The summed E-state index contributed by atoms with van der Waals surface area (Å²) < 4.78 is 4.94. The Kier molecular flexibility index (Phi) is 4.65. The fourth-order valence-corrected chi connectivity index (χ4v) is 4.34. The molecule has 0 N–H and O–H groups in total. The lowest BCUT2D eigenvalue weighted by Gasteiger charge is -2.62. The maximum Gasteiger partial charge on any atom is 0.323 e. The van der Waals surface area contributed by atoms with Gasteiger partial charge < -0.3 is 4.74 Å². The summed E-state index contributed by atoms with van der Waals surface area (Å²) in [5.41, 5.74) is -1.77. The van der Waals surface area contributed by atoms with Crippen LogP contribution in [0.1, 0.15) is 34.6 Å². The predicted octanol–water partition coefficient (Wildman–Crippen LogP) is 2.65. The van der Waals surface area contributed by atoms with Crippen molar-refractivity contribution in [3.8, 4) is 18.2 Å². The molecule has 1 saturated carbocycles. The molecule has 0 radical (unpaired) electrons. The number of hydrogen-bond donors (Lipinski definition) is 0. The molecule has 0 aromatic rings. The fourth-order valence-electron chi connectivity index (χ4n) is 4.34. The topological polar surface area (TPSA) is 97.7 Å². The van der Waals surface area contributed by atoms with Gasteiger partial charge in [0.1, 0.15) is 5.92 Å². The van der Waals surface area contributed by atoms with E-state index in [9.17, 15) is 20.6 Å². The van der Waals surface area contributed by atoms with Crippen molar-refractivity contribution >= 4 is 5.97 Å². The summed E-state index contributed by atoms with van der Waals surface area (Å²) in [5.74, 6) is -2.45. The minimum atomic E-state index is -1.31. The van der Waals surface area contributed by atoms with Gasteiger partial charge in [-0.15, -0.1) is 0 Å². The van der Waals surface area contributed by atoms with E-state index >= 15 is 0 Å². The number of ether oxygens (including phenoxy) is 1. The van der Waals surface area contributed by atoms with Gasteiger partial charge in [-0.3, -0.25) is 4.79 Å². The fraction of sp³-hybridized carbons (Fsp3) is 0.750. The van der Waals surface area contributed by atoms with Crippen LogP contribution in [0.5, 0.6) is 0 Å². The molecular formula is C16H21N3O2. The van der Waals surface area contributed by atoms with Crippen molar-refractivity contribution in [2.75, 3.05) is 6.61 Å². The molecule has 3 atom stereocenters. The molecule has 0 unspecified atom stereocenters. The molecule has 0 aromatic carbocycles. The number of nitriles is 3. The van der Waals surface area contributed by atoms with E-state index < -0.39 is 28.6 Å². The van der Waals surface area contributed by atoms with E-state index in [0.717, 1.165) is 0 Å². The van der Waals surface area contributed by atoms with Crippen LogP contribution in [0.15, 0.2) is 0 Å². The van der Waals surface area contributed by atoms with Gasteiger partial charge in [0.15, 0.2) is 5.41 Å². The second-order valence-corrected chi connectivity index (χ2v) is 6.47. The highest BCUT2D eigenvalue weighted by Gasteiger charge is 2.71. The highest BCUT2D eigenvalue weighted by Crippen LogP contribution is 2.68. The molecule has 5 nitrogen and oxygen atoms in total. The second kappa shape index (κ2) is 5.74. The average Bonchev–Trinajstić information content (AvgIpc) is 2.41. The van der Waals surface area contributed by atoms with E-state index in [2.05, 4.69) is 12.1 Å². The Morgan fingerprint density at radius 1 is 1.19 bits per heavy atom. The largest absolute Gasteiger partial charge is 0.465 e. The lowest BCUT2D eigenvalue weighted by atomic mass is 9.36. The van der Waals surface area contributed by atoms with E-state index in [-0.39, 0.29) is 18.4 Å². The smallest absolute Gasteiger partial charge is 0.323 e. The zero-order valence-corrected chi connectivity index (χ0v) is 13.2. The molecule has 0 saturated heterocycles. The maximum atomic E-state index is 12.0. The van der Waals surface area contributed by atoms with Crippen LogP contribution in [-0.2, 0) is 9.53 Å². The Balaban J connectivity index is 3.34. The van der Waals surface area contributed by atoms with Crippen LogP contribution in [0.2, 0.25) is 0 Å². The molecule has 1 aliphatic rings. The van der Waals surface area contributed by atoms with E-state index in [1.54, 1.807) is 6.92 Å². The lowest BCUT2D eigenvalue weighted by Crippen LogP contribution is -2.66. The quantitative estimate of drug-likeness (QED) is 0.740. The summed E-state index contributed by atoms with van der Waals surface area (Å²) in [7, 11) is 0. The number of carbonyl (C=O) groups excluding carboxylic acids is 1. The van der Waals surface area contributed by atoms with Gasteiger partial charge in [-0.2, -0.15) is 15.8 Å². The minimum absolute atomic E-state index is 0.108. The summed E-state index contributed by atoms with van der Waals surface area (Å²) >= 11 is 0. The summed E-state index contributed by atoms with van der Waals surface area (Å²) in [4.78, 5) is 12.0. The molecule has 1 aliphatic carbocycles. The van der Waals surface area contributed by atoms with Crippen LogP contribution in [0.25, 0.3) is 0 Å². The van der Waals surface area contributed by atoms with Gasteiger partial charge >= 0.3 is 5.97 Å².